The SMILES string of the molecule is NCC(O)c1[nH]c(=O)[nH]c1Br. The molecule has 1 atom stereocenters. The highest BCUT2D eigenvalue weighted by Gasteiger charge is 2.11. The van der Waals surface area contributed by atoms with Crippen molar-refractivity contribution >= 4 is 15.9 Å². The van der Waals surface area contributed by atoms with E-state index in [9.17, 15) is 9.90 Å². The van der Waals surface area contributed by atoms with Crippen molar-refractivity contribution in [2.75, 3.05) is 6.54 Å². The van der Waals surface area contributed by atoms with Gasteiger partial charge in [-0.2, -0.15) is 0 Å². The molecule has 62 valence electrons. The first-order chi connectivity index (χ1) is 5.15. The van der Waals surface area contributed by atoms with Gasteiger partial charge in [-0.3, -0.25) is 0 Å². The second-order valence-corrected chi connectivity index (χ2v) is 2.85. The largest absolute Gasteiger partial charge is 0.385 e. The maximum absolute atomic E-state index is 10.6. The third kappa shape index (κ3) is 1.70. The highest BCUT2D eigenvalue weighted by Crippen LogP contribution is 2.15. The number of aromatic nitrogens is 2. The predicted molar refractivity (Wildman–Crippen MR) is 43.1 cm³/mol. The van der Waals surface area contributed by atoms with Crippen molar-refractivity contribution in [2.24, 2.45) is 5.73 Å². The molecule has 0 bridgehead atoms. The Labute approximate surface area is 70.8 Å². The van der Waals surface area contributed by atoms with Crippen molar-refractivity contribution < 1.29 is 5.11 Å². The maximum atomic E-state index is 10.6. The first-order valence-electron chi connectivity index (χ1n) is 3.01. The minimum Gasteiger partial charge on any atom is -0.385 e. The molecule has 0 fully saturated rings. The molecule has 1 heterocycles. The van der Waals surface area contributed by atoms with Gasteiger partial charge in [-0.25, -0.2) is 4.79 Å². The number of aliphatic hydroxyl groups excluding tert-OH is 1. The lowest BCUT2D eigenvalue weighted by molar-refractivity contribution is 0.181. The Morgan fingerprint density at radius 2 is 2.27 bits per heavy atom. The summed E-state index contributed by atoms with van der Waals surface area (Å²) >= 11 is 3.06. The summed E-state index contributed by atoms with van der Waals surface area (Å²) in [6.45, 7) is 0.0758. The first kappa shape index (κ1) is 8.51. The zero-order valence-corrected chi connectivity index (χ0v) is 7.18. The second kappa shape index (κ2) is 3.21. The lowest BCUT2D eigenvalue weighted by Crippen LogP contribution is -2.13. The molecular weight excluding hydrogens is 214 g/mol. The van der Waals surface area contributed by atoms with Crippen LogP contribution in [0.5, 0.6) is 0 Å². The molecular formula is C5H8BrN3O2. The number of imidazole rings is 1. The summed E-state index contributed by atoms with van der Waals surface area (Å²) in [5.41, 5.74) is 5.20. The van der Waals surface area contributed by atoms with Gasteiger partial charge >= 0.3 is 5.69 Å². The van der Waals surface area contributed by atoms with Gasteiger partial charge in [0.05, 0.1) is 5.69 Å². The number of nitrogens with one attached hydrogen (secondary N) is 2. The van der Waals surface area contributed by atoms with Crippen LogP contribution in [0.4, 0.5) is 0 Å². The van der Waals surface area contributed by atoms with E-state index >= 15 is 0 Å². The van der Waals surface area contributed by atoms with Crippen LogP contribution in [0.15, 0.2) is 9.40 Å². The van der Waals surface area contributed by atoms with E-state index in [1.54, 1.807) is 0 Å². The van der Waals surface area contributed by atoms with Gasteiger partial charge in [0.15, 0.2) is 0 Å². The van der Waals surface area contributed by atoms with Gasteiger partial charge in [-0.1, -0.05) is 0 Å². The van der Waals surface area contributed by atoms with Crippen molar-refractivity contribution in [1.82, 2.24) is 9.97 Å². The summed E-state index contributed by atoms with van der Waals surface area (Å²) in [6.07, 6.45) is -0.830. The van der Waals surface area contributed by atoms with E-state index in [0.29, 0.717) is 10.3 Å². The number of hydrogen-bond donors (Lipinski definition) is 4. The van der Waals surface area contributed by atoms with E-state index in [-0.39, 0.29) is 12.2 Å². The molecule has 0 saturated carbocycles. The maximum Gasteiger partial charge on any atom is 0.324 e. The number of halogens is 1. The van der Waals surface area contributed by atoms with E-state index < -0.39 is 6.10 Å². The number of H-pyrrole nitrogens is 2. The lowest BCUT2D eigenvalue weighted by atomic mass is 10.3. The molecule has 0 aliphatic carbocycles. The van der Waals surface area contributed by atoms with Crippen LogP contribution in [0.1, 0.15) is 11.8 Å². The monoisotopic (exact) mass is 221 g/mol. The quantitative estimate of drug-likeness (QED) is 0.541. The van der Waals surface area contributed by atoms with Crippen molar-refractivity contribution in [2.45, 2.75) is 6.10 Å². The number of aliphatic hydroxyl groups is 1. The zero-order chi connectivity index (χ0) is 8.43. The van der Waals surface area contributed by atoms with E-state index in [2.05, 4.69) is 25.9 Å². The van der Waals surface area contributed by atoms with Crippen LogP contribution in [0.25, 0.3) is 0 Å². The molecule has 0 radical (unpaired) electrons. The van der Waals surface area contributed by atoms with E-state index in [1.807, 2.05) is 0 Å². The van der Waals surface area contributed by atoms with Crippen molar-refractivity contribution in [3.8, 4) is 0 Å². The summed E-state index contributed by atoms with van der Waals surface area (Å²) in [5, 5.41) is 9.18. The normalized spacial score (nSPS) is 13.4. The van der Waals surface area contributed by atoms with Crippen LogP contribution < -0.4 is 11.4 Å². The van der Waals surface area contributed by atoms with Crippen LogP contribution in [0, 0.1) is 0 Å². The Morgan fingerprint density at radius 3 is 2.64 bits per heavy atom. The van der Waals surface area contributed by atoms with E-state index in [0.717, 1.165) is 0 Å². The summed E-state index contributed by atoms with van der Waals surface area (Å²) in [6, 6.07) is 0. The minimum absolute atomic E-state index is 0.0758. The number of hydrogen-bond acceptors (Lipinski definition) is 3. The van der Waals surface area contributed by atoms with Gasteiger partial charge in [0, 0.05) is 6.54 Å². The Morgan fingerprint density at radius 1 is 1.64 bits per heavy atom. The molecule has 0 saturated heterocycles. The molecule has 5 nitrogen and oxygen atoms in total. The Bertz CT molecular complexity index is 292. The number of rotatable bonds is 2. The fraction of sp³-hybridized carbons (Fsp3) is 0.400. The molecule has 5 N–H and O–H groups in total. The Kier molecular flexibility index (Phi) is 2.48. The van der Waals surface area contributed by atoms with Gasteiger partial charge in [0.2, 0.25) is 0 Å². The van der Waals surface area contributed by atoms with Crippen LogP contribution in [-0.4, -0.2) is 21.6 Å². The van der Waals surface area contributed by atoms with Gasteiger partial charge in [-0.05, 0) is 15.9 Å². The zero-order valence-electron chi connectivity index (χ0n) is 5.60. The highest BCUT2D eigenvalue weighted by molar-refractivity contribution is 9.10. The van der Waals surface area contributed by atoms with Gasteiger partial charge < -0.3 is 20.8 Å². The molecule has 6 heteroatoms. The number of aromatic amines is 2. The standard InChI is InChI=1S/C5H8BrN3O2/c6-4-3(2(10)1-7)8-5(11)9-4/h2,10H,1,7H2,(H2,8,9,11). The molecule has 0 aliphatic rings. The topological polar surface area (TPSA) is 94.9 Å². The fourth-order valence-corrected chi connectivity index (χ4v) is 1.27. The third-order valence-corrected chi connectivity index (χ3v) is 1.89. The van der Waals surface area contributed by atoms with Gasteiger partial charge in [-0.15, -0.1) is 0 Å². The lowest BCUT2D eigenvalue weighted by Gasteiger charge is -2.03. The molecule has 1 aromatic rings. The molecule has 11 heavy (non-hydrogen) atoms. The van der Waals surface area contributed by atoms with E-state index in [4.69, 9.17) is 5.73 Å². The summed E-state index contributed by atoms with van der Waals surface area (Å²) in [7, 11) is 0. The van der Waals surface area contributed by atoms with Gasteiger partial charge in [0.25, 0.3) is 0 Å². The first-order valence-corrected chi connectivity index (χ1v) is 3.80. The molecule has 1 aromatic heterocycles. The Balaban J connectivity index is 3.02. The molecule has 1 unspecified atom stereocenters. The predicted octanol–water partition coefficient (Wildman–Crippen LogP) is -0.542. The van der Waals surface area contributed by atoms with Crippen LogP contribution in [0.2, 0.25) is 0 Å². The Hall–Kier alpha value is -0.590. The van der Waals surface area contributed by atoms with E-state index in [1.165, 1.54) is 0 Å². The highest BCUT2D eigenvalue weighted by atomic mass is 79.9. The average Bonchev–Trinajstić information content (AvgIpc) is 2.28. The second-order valence-electron chi connectivity index (χ2n) is 2.06. The van der Waals surface area contributed by atoms with Crippen molar-refractivity contribution in [1.29, 1.82) is 0 Å². The average molecular weight is 222 g/mol. The van der Waals surface area contributed by atoms with Crippen molar-refractivity contribution in [3.63, 3.8) is 0 Å². The number of nitrogens with two attached hydrogens (primary N) is 1. The molecule has 0 spiro atoms. The van der Waals surface area contributed by atoms with Crippen molar-refractivity contribution in [3.05, 3.63) is 20.8 Å². The summed E-state index contributed by atoms with van der Waals surface area (Å²) in [5.74, 6) is 0. The fourth-order valence-electron chi connectivity index (χ4n) is 0.723. The minimum atomic E-state index is -0.830. The molecule has 1 rings (SSSR count). The molecule has 0 aromatic carbocycles. The molecule has 0 aliphatic heterocycles. The smallest absolute Gasteiger partial charge is 0.324 e. The van der Waals surface area contributed by atoms with Gasteiger partial charge in [0.1, 0.15) is 10.7 Å². The third-order valence-electron chi connectivity index (χ3n) is 1.26. The summed E-state index contributed by atoms with van der Waals surface area (Å²) < 4.78 is 0.445. The summed E-state index contributed by atoms with van der Waals surface area (Å²) in [4.78, 5) is 15.5. The van der Waals surface area contributed by atoms with Crippen LogP contribution in [0.3, 0.4) is 0 Å². The van der Waals surface area contributed by atoms with Crippen LogP contribution in [-0.2, 0) is 0 Å². The molecule has 0 amide bonds. The van der Waals surface area contributed by atoms with Crippen LogP contribution >= 0.6 is 15.9 Å².